The first-order chi connectivity index (χ1) is 14.4. The molecule has 1 heterocycles. The van der Waals surface area contributed by atoms with E-state index < -0.39 is 35.1 Å². The van der Waals surface area contributed by atoms with Crippen LogP contribution < -0.4 is 5.32 Å². The summed E-state index contributed by atoms with van der Waals surface area (Å²) >= 11 is 0.932. The number of benzene rings is 2. The van der Waals surface area contributed by atoms with Crippen LogP contribution in [0, 0.1) is 6.92 Å². The number of anilines is 1. The van der Waals surface area contributed by atoms with Gasteiger partial charge in [0.2, 0.25) is 5.91 Å². The van der Waals surface area contributed by atoms with E-state index in [0.717, 1.165) is 23.0 Å². The first-order valence-electron chi connectivity index (χ1n) is 8.63. The standard InChI is InChI=1S/C19H14F6N4OS/c1-11-2-4-15(5-3-11)29-10-26-28-17(29)31-9-16(30)27-14-7-12(18(20,21)22)6-13(8-14)19(23,24)25/h2-8,10H,9H2,1H3,(H,27,30). The lowest BCUT2D eigenvalue weighted by atomic mass is 10.1. The Hall–Kier alpha value is -3.02. The molecule has 164 valence electrons. The zero-order chi connectivity index (χ0) is 22.8. The first kappa shape index (κ1) is 22.7. The van der Waals surface area contributed by atoms with Gasteiger partial charge in [-0.1, -0.05) is 29.5 Å². The fraction of sp³-hybridized carbons (Fsp3) is 0.211. The minimum absolute atomic E-state index is 0.00550. The predicted octanol–water partition coefficient (Wildman–Crippen LogP) is 5.34. The molecule has 0 unspecified atom stereocenters. The minimum atomic E-state index is -5.00. The molecule has 5 nitrogen and oxygen atoms in total. The molecule has 0 spiro atoms. The number of hydrogen-bond acceptors (Lipinski definition) is 4. The van der Waals surface area contributed by atoms with Gasteiger partial charge in [0.05, 0.1) is 16.9 Å². The molecular formula is C19H14F6N4OS. The summed E-state index contributed by atoms with van der Waals surface area (Å²) in [5, 5.41) is 10.1. The van der Waals surface area contributed by atoms with Crippen molar-refractivity contribution in [3.63, 3.8) is 0 Å². The fourth-order valence-electron chi connectivity index (χ4n) is 2.56. The highest BCUT2D eigenvalue weighted by atomic mass is 32.2. The lowest BCUT2D eigenvalue weighted by Crippen LogP contribution is -2.17. The van der Waals surface area contributed by atoms with Crippen LogP contribution in [0.5, 0.6) is 0 Å². The number of carbonyl (C=O) groups excluding carboxylic acids is 1. The van der Waals surface area contributed by atoms with Crippen molar-refractivity contribution in [1.82, 2.24) is 14.8 Å². The van der Waals surface area contributed by atoms with E-state index in [1.54, 1.807) is 4.57 Å². The number of hydrogen-bond donors (Lipinski definition) is 1. The summed E-state index contributed by atoms with van der Waals surface area (Å²) in [5.74, 6) is -1.10. The van der Waals surface area contributed by atoms with Gasteiger partial charge in [-0.05, 0) is 37.3 Å². The predicted molar refractivity (Wildman–Crippen MR) is 102 cm³/mol. The van der Waals surface area contributed by atoms with E-state index in [9.17, 15) is 31.1 Å². The molecule has 0 atom stereocenters. The summed E-state index contributed by atoms with van der Waals surface area (Å²) in [5.41, 5.74) is -1.86. The third-order valence-corrected chi connectivity index (χ3v) is 4.98. The van der Waals surface area contributed by atoms with Gasteiger partial charge in [0.1, 0.15) is 6.33 Å². The van der Waals surface area contributed by atoms with E-state index in [2.05, 4.69) is 15.5 Å². The number of thioether (sulfide) groups is 1. The molecule has 0 fully saturated rings. The zero-order valence-corrected chi connectivity index (χ0v) is 16.6. The van der Waals surface area contributed by atoms with E-state index in [1.807, 2.05) is 31.2 Å². The number of halogens is 6. The Morgan fingerprint density at radius 1 is 1.00 bits per heavy atom. The first-order valence-corrected chi connectivity index (χ1v) is 9.61. The maximum atomic E-state index is 12.9. The highest BCUT2D eigenvalue weighted by Crippen LogP contribution is 2.37. The SMILES string of the molecule is Cc1ccc(-n2cnnc2SCC(=O)Nc2cc(C(F)(F)F)cc(C(F)(F)F)c2)cc1. The second kappa shape index (κ2) is 8.61. The molecule has 0 bridgehead atoms. The summed E-state index contributed by atoms with van der Waals surface area (Å²) in [6, 6.07) is 8.24. The highest BCUT2D eigenvalue weighted by molar-refractivity contribution is 7.99. The Balaban J connectivity index is 1.74. The molecule has 3 aromatic rings. The molecule has 1 N–H and O–H groups in total. The van der Waals surface area contributed by atoms with Gasteiger partial charge in [-0.3, -0.25) is 9.36 Å². The van der Waals surface area contributed by atoms with Crippen LogP contribution >= 0.6 is 11.8 Å². The van der Waals surface area contributed by atoms with E-state index in [-0.39, 0.29) is 11.8 Å². The van der Waals surface area contributed by atoms with Gasteiger partial charge in [0.25, 0.3) is 0 Å². The molecule has 0 saturated heterocycles. The monoisotopic (exact) mass is 460 g/mol. The summed E-state index contributed by atoms with van der Waals surface area (Å²) in [6.07, 6.45) is -8.58. The average molecular weight is 460 g/mol. The van der Waals surface area contributed by atoms with Crippen molar-refractivity contribution in [3.8, 4) is 5.69 Å². The van der Waals surface area contributed by atoms with Gasteiger partial charge < -0.3 is 5.32 Å². The number of rotatable bonds is 5. The summed E-state index contributed by atoms with van der Waals surface area (Å²) in [6.45, 7) is 1.91. The molecular weight excluding hydrogens is 446 g/mol. The van der Waals surface area contributed by atoms with Crippen LogP contribution in [0.1, 0.15) is 16.7 Å². The van der Waals surface area contributed by atoms with Crippen LogP contribution in [-0.2, 0) is 17.1 Å². The lowest BCUT2D eigenvalue weighted by Gasteiger charge is -2.14. The molecule has 31 heavy (non-hydrogen) atoms. The van der Waals surface area contributed by atoms with Crippen LogP contribution in [-0.4, -0.2) is 26.4 Å². The molecule has 0 aliphatic rings. The maximum Gasteiger partial charge on any atom is 0.416 e. The van der Waals surface area contributed by atoms with Crippen molar-refractivity contribution in [2.45, 2.75) is 24.4 Å². The molecule has 12 heteroatoms. The number of carbonyl (C=O) groups is 1. The van der Waals surface area contributed by atoms with Crippen molar-refractivity contribution in [3.05, 3.63) is 65.5 Å². The second-order valence-corrected chi connectivity index (χ2v) is 7.39. The molecule has 3 rings (SSSR count). The molecule has 0 aliphatic carbocycles. The van der Waals surface area contributed by atoms with Crippen LogP contribution in [0.3, 0.4) is 0 Å². The number of aryl methyl sites for hydroxylation is 1. The second-order valence-electron chi connectivity index (χ2n) is 6.45. The minimum Gasteiger partial charge on any atom is -0.325 e. The number of aromatic nitrogens is 3. The molecule has 1 amide bonds. The van der Waals surface area contributed by atoms with Crippen molar-refractivity contribution in [2.75, 3.05) is 11.1 Å². The largest absolute Gasteiger partial charge is 0.416 e. The smallest absolute Gasteiger partial charge is 0.325 e. The van der Waals surface area contributed by atoms with E-state index in [1.165, 1.54) is 6.33 Å². The van der Waals surface area contributed by atoms with Crippen molar-refractivity contribution in [2.24, 2.45) is 0 Å². The summed E-state index contributed by atoms with van der Waals surface area (Å²) in [7, 11) is 0. The van der Waals surface area contributed by atoms with Gasteiger partial charge in [0, 0.05) is 11.4 Å². The van der Waals surface area contributed by atoms with Crippen LogP contribution in [0.25, 0.3) is 5.69 Å². The zero-order valence-electron chi connectivity index (χ0n) is 15.8. The Bertz CT molecular complexity index is 1040. The van der Waals surface area contributed by atoms with E-state index in [0.29, 0.717) is 17.3 Å². The van der Waals surface area contributed by atoms with Crippen molar-refractivity contribution < 1.29 is 31.1 Å². The normalized spacial score (nSPS) is 12.1. The summed E-state index contributed by atoms with van der Waals surface area (Å²) in [4.78, 5) is 12.2. The Labute approximate surface area is 176 Å². The molecule has 0 aliphatic heterocycles. The quantitative estimate of drug-likeness (QED) is 0.412. The Kier molecular flexibility index (Phi) is 6.30. The third-order valence-electron chi connectivity index (χ3n) is 4.03. The van der Waals surface area contributed by atoms with Gasteiger partial charge in [0.15, 0.2) is 5.16 Å². The summed E-state index contributed by atoms with van der Waals surface area (Å²) < 4.78 is 79.2. The van der Waals surface area contributed by atoms with Gasteiger partial charge >= 0.3 is 12.4 Å². The maximum absolute atomic E-state index is 12.9. The van der Waals surface area contributed by atoms with Crippen LogP contribution in [0.15, 0.2) is 53.9 Å². The van der Waals surface area contributed by atoms with Crippen molar-refractivity contribution in [1.29, 1.82) is 0 Å². The van der Waals surface area contributed by atoms with E-state index >= 15 is 0 Å². The fourth-order valence-corrected chi connectivity index (χ4v) is 3.29. The number of nitrogens with zero attached hydrogens (tertiary/aromatic N) is 3. The number of amides is 1. The number of alkyl halides is 6. The molecule has 2 aromatic carbocycles. The third kappa shape index (κ3) is 5.78. The van der Waals surface area contributed by atoms with Crippen molar-refractivity contribution >= 4 is 23.4 Å². The van der Waals surface area contributed by atoms with E-state index in [4.69, 9.17) is 0 Å². The topological polar surface area (TPSA) is 59.8 Å². The van der Waals surface area contributed by atoms with Gasteiger partial charge in [-0.15, -0.1) is 10.2 Å². The molecule has 0 saturated carbocycles. The van der Waals surface area contributed by atoms with Crippen LogP contribution in [0.4, 0.5) is 32.0 Å². The lowest BCUT2D eigenvalue weighted by molar-refractivity contribution is -0.143. The molecule has 0 radical (unpaired) electrons. The number of nitrogens with one attached hydrogen (secondary N) is 1. The Morgan fingerprint density at radius 2 is 1.58 bits per heavy atom. The molecule has 1 aromatic heterocycles. The van der Waals surface area contributed by atoms with Gasteiger partial charge in [-0.2, -0.15) is 26.3 Å². The highest BCUT2D eigenvalue weighted by Gasteiger charge is 2.37. The Morgan fingerprint density at radius 3 is 2.13 bits per heavy atom. The van der Waals surface area contributed by atoms with Crippen LogP contribution in [0.2, 0.25) is 0 Å². The van der Waals surface area contributed by atoms with Gasteiger partial charge in [-0.25, -0.2) is 0 Å². The average Bonchev–Trinajstić information content (AvgIpc) is 3.14.